The van der Waals surface area contributed by atoms with Crippen LogP contribution in [0.5, 0.6) is 11.5 Å². The summed E-state index contributed by atoms with van der Waals surface area (Å²) in [4.78, 5) is 25.3. The van der Waals surface area contributed by atoms with E-state index in [9.17, 15) is 14.7 Å². The Morgan fingerprint density at radius 2 is 2.03 bits per heavy atom. The van der Waals surface area contributed by atoms with Crippen molar-refractivity contribution >= 4 is 16.9 Å². The summed E-state index contributed by atoms with van der Waals surface area (Å²) in [6.07, 6.45) is -0.0327. The molecule has 0 unspecified atom stereocenters. The monoisotopic (exact) mass is 418 g/mol. The number of esters is 1. The van der Waals surface area contributed by atoms with Gasteiger partial charge in [0.05, 0.1) is 6.10 Å². The highest BCUT2D eigenvalue weighted by molar-refractivity contribution is 5.87. The normalized spacial score (nSPS) is 26.7. The van der Waals surface area contributed by atoms with E-state index < -0.39 is 23.3 Å². The van der Waals surface area contributed by atoms with E-state index in [1.54, 1.807) is 33.8 Å². The van der Waals surface area contributed by atoms with Crippen LogP contribution in [-0.2, 0) is 20.7 Å². The van der Waals surface area contributed by atoms with Gasteiger partial charge in [0.2, 0.25) is 0 Å². The molecule has 1 aromatic heterocycles. The number of benzene rings is 1. The maximum atomic E-state index is 12.9. The summed E-state index contributed by atoms with van der Waals surface area (Å²) in [5.74, 6) is 0.0837. The van der Waals surface area contributed by atoms with Crippen LogP contribution >= 0.6 is 0 Å². The molecule has 30 heavy (non-hydrogen) atoms. The SMILES string of the molecule is Cc1cc(=O)c2c(O)c3c(cc2o1)OC(C)(C)[C@H](OC(=O)[C@]1(CCCO)O[C@@H]1C)C3. The van der Waals surface area contributed by atoms with Crippen molar-refractivity contribution < 1.29 is 33.6 Å². The second-order valence-electron chi connectivity index (χ2n) is 8.58. The van der Waals surface area contributed by atoms with E-state index in [1.165, 1.54) is 6.07 Å². The van der Waals surface area contributed by atoms with Crippen LogP contribution in [0.4, 0.5) is 0 Å². The van der Waals surface area contributed by atoms with Crippen LogP contribution in [0.25, 0.3) is 11.0 Å². The van der Waals surface area contributed by atoms with E-state index in [0.717, 1.165) is 0 Å². The Hall–Kier alpha value is -2.58. The Labute approximate surface area is 173 Å². The topological polar surface area (TPSA) is 119 Å². The standard InChI is InChI=1S/C22H26O8/c1-11-8-14(24)18-16(27-11)10-15-13(19(18)25)9-17(21(3,4)30-15)28-20(26)22(6-5-7-23)12(2)29-22/h8,10,12,17,23,25H,5-7,9H2,1-4H3/t12-,17-,22-/m1/s1. The number of ether oxygens (including phenoxy) is 3. The van der Waals surface area contributed by atoms with E-state index in [-0.39, 0.29) is 41.3 Å². The lowest BCUT2D eigenvalue weighted by atomic mass is 9.89. The zero-order valence-electron chi connectivity index (χ0n) is 17.5. The van der Waals surface area contributed by atoms with Gasteiger partial charge >= 0.3 is 5.97 Å². The minimum Gasteiger partial charge on any atom is -0.507 e. The van der Waals surface area contributed by atoms with Crippen molar-refractivity contribution in [1.29, 1.82) is 0 Å². The van der Waals surface area contributed by atoms with E-state index in [1.807, 2.05) is 0 Å². The smallest absolute Gasteiger partial charge is 0.341 e. The number of phenolic OH excluding ortho intramolecular Hbond substituents is 1. The van der Waals surface area contributed by atoms with Gasteiger partial charge < -0.3 is 28.8 Å². The van der Waals surface area contributed by atoms with Crippen LogP contribution in [0.15, 0.2) is 21.3 Å². The number of hydrogen-bond donors (Lipinski definition) is 2. The molecule has 0 spiro atoms. The number of aryl methyl sites for hydroxylation is 1. The zero-order valence-corrected chi connectivity index (χ0v) is 17.5. The summed E-state index contributed by atoms with van der Waals surface area (Å²) < 4.78 is 23.0. The lowest BCUT2D eigenvalue weighted by Gasteiger charge is -2.39. The molecule has 8 nitrogen and oxygen atoms in total. The number of aliphatic hydroxyl groups is 1. The number of rotatable bonds is 5. The van der Waals surface area contributed by atoms with Crippen molar-refractivity contribution in [2.24, 2.45) is 0 Å². The quantitative estimate of drug-likeness (QED) is 0.561. The van der Waals surface area contributed by atoms with E-state index in [2.05, 4.69) is 0 Å². The maximum Gasteiger partial charge on any atom is 0.341 e. The third-order valence-corrected chi connectivity index (χ3v) is 6.01. The predicted octanol–water partition coefficient (Wildman–Crippen LogP) is 2.36. The van der Waals surface area contributed by atoms with Crippen LogP contribution in [0.3, 0.4) is 0 Å². The minimum atomic E-state index is -1.05. The maximum absolute atomic E-state index is 12.9. The summed E-state index contributed by atoms with van der Waals surface area (Å²) in [6, 6.07) is 2.91. The van der Waals surface area contributed by atoms with Crippen LogP contribution in [0, 0.1) is 6.92 Å². The number of epoxide rings is 1. The fourth-order valence-electron chi connectivity index (χ4n) is 4.12. The Kier molecular flexibility index (Phi) is 4.82. The first kappa shape index (κ1) is 20.7. The fourth-order valence-corrected chi connectivity index (χ4v) is 4.12. The molecule has 2 aromatic rings. The summed E-state index contributed by atoms with van der Waals surface area (Å²) in [6.45, 7) is 6.98. The molecule has 3 atom stereocenters. The van der Waals surface area contributed by atoms with Gasteiger partial charge in [0.25, 0.3) is 0 Å². The minimum absolute atomic E-state index is 0.0421. The van der Waals surface area contributed by atoms with Crippen LogP contribution in [-0.4, -0.2) is 46.2 Å². The molecule has 2 aliphatic heterocycles. The Morgan fingerprint density at radius 1 is 1.33 bits per heavy atom. The molecular weight excluding hydrogens is 392 g/mol. The van der Waals surface area contributed by atoms with Gasteiger partial charge in [-0.15, -0.1) is 0 Å². The fraction of sp³-hybridized carbons (Fsp3) is 0.545. The Morgan fingerprint density at radius 3 is 2.67 bits per heavy atom. The highest BCUT2D eigenvalue weighted by atomic mass is 16.7. The summed E-state index contributed by atoms with van der Waals surface area (Å²) in [7, 11) is 0. The van der Waals surface area contributed by atoms with Crippen molar-refractivity contribution in [3.63, 3.8) is 0 Å². The van der Waals surface area contributed by atoms with Gasteiger partial charge in [-0.25, -0.2) is 4.79 Å². The van der Waals surface area contributed by atoms with Gasteiger partial charge in [0, 0.05) is 30.7 Å². The van der Waals surface area contributed by atoms with Gasteiger partial charge in [-0.2, -0.15) is 0 Å². The number of carbonyl (C=O) groups excluding carboxylic acids is 1. The third kappa shape index (κ3) is 3.24. The molecule has 0 radical (unpaired) electrons. The van der Waals surface area contributed by atoms with Crippen molar-refractivity contribution in [1.82, 2.24) is 0 Å². The molecule has 3 heterocycles. The first-order valence-electron chi connectivity index (χ1n) is 10.1. The van der Waals surface area contributed by atoms with E-state index >= 15 is 0 Å². The molecule has 0 aliphatic carbocycles. The zero-order chi connectivity index (χ0) is 21.8. The number of aromatic hydroxyl groups is 1. The number of fused-ring (bicyclic) bond motifs is 2. The predicted molar refractivity (Wildman–Crippen MR) is 107 cm³/mol. The van der Waals surface area contributed by atoms with Crippen LogP contribution < -0.4 is 10.2 Å². The number of hydrogen-bond acceptors (Lipinski definition) is 8. The van der Waals surface area contributed by atoms with Crippen LogP contribution in [0.1, 0.15) is 44.9 Å². The number of phenols is 1. The second-order valence-corrected chi connectivity index (χ2v) is 8.58. The molecule has 2 aliphatic rings. The molecule has 1 saturated heterocycles. The molecule has 0 bridgehead atoms. The van der Waals surface area contributed by atoms with Crippen molar-refractivity contribution in [2.75, 3.05) is 6.61 Å². The van der Waals surface area contributed by atoms with Crippen molar-refractivity contribution in [2.45, 2.75) is 70.4 Å². The molecule has 0 saturated carbocycles. The first-order chi connectivity index (χ1) is 14.1. The molecule has 0 amide bonds. The average molecular weight is 418 g/mol. The molecule has 8 heteroatoms. The number of carbonyl (C=O) groups is 1. The first-order valence-corrected chi connectivity index (χ1v) is 10.1. The molecule has 1 fully saturated rings. The third-order valence-electron chi connectivity index (χ3n) is 6.01. The van der Waals surface area contributed by atoms with Gasteiger partial charge in [0.15, 0.2) is 11.0 Å². The Balaban J connectivity index is 1.67. The van der Waals surface area contributed by atoms with E-state index in [0.29, 0.717) is 29.9 Å². The van der Waals surface area contributed by atoms with Crippen molar-refractivity contribution in [3.8, 4) is 11.5 Å². The summed E-state index contributed by atoms with van der Waals surface area (Å²) in [5, 5.41) is 20.0. The molecule has 4 rings (SSSR count). The van der Waals surface area contributed by atoms with E-state index in [4.69, 9.17) is 23.7 Å². The summed E-state index contributed by atoms with van der Waals surface area (Å²) in [5.41, 5.74) is -1.65. The van der Waals surface area contributed by atoms with Gasteiger partial charge in [-0.05, 0) is 40.5 Å². The van der Waals surface area contributed by atoms with Crippen LogP contribution in [0.2, 0.25) is 0 Å². The summed E-state index contributed by atoms with van der Waals surface area (Å²) >= 11 is 0. The average Bonchev–Trinajstić information content (AvgIpc) is 3.31. The molecule has 1 aromatic carbocycles. The largest absolute Gasteiger partial charge is 0.507 e. The highest BCUT2D eigenvalue weighted by Crippen LogP contribution is 2.45. The van der Waals surface area contributed by atoms with Gasteiger partial charge in [-0.1, -0.05) is 0 Å². The lowest BCUT2D eigenvalue weighted by Crippen LogP contribution is -2.50. The van der Waals surface area contributed by atoms with Gasteiger partial charge in [0.1, 0.15) is 39.9 Å². The second kappa shape index (κ2) is 6.99. The van der Waals surface area contributed by atoms with Gasteiger partial charge in [-0.3, -0.25) is 4.79 Å². The number of aliphatic hydroxyl groups excluding tert-OH is 1. The lowest BCUT2D eigenvalue weighted by molar-refractivity contribution is -0.168. The molecule has 2 N–H and O–H groups in total. The highest BCUT2D eigenvalue weighted by Gasteiger charge is 2.61. The molecular formula is C22H26O8. The van der Waals surface area contributed by atoms with Crippen molar-refractivity contribution in [3.05, 3.63) is 33.7 Å². The Bertz CT molecular complexity index is 1070. The molecule has 162 valence electrons.